The number of hydrogen-bond acceptors (Lipinski definition) is 3. The molecule has 0 fully saturated rings. The highest BCUT2D eigenvalue weighted by Crippen LogP contribution is 2.34. The standard InChI is InChI=1S/C14H17N3O2S/c1-9-4-3-5-12-11(9)6-7-13(12)17-20(18,19)14-8-15-16-10(14)2/h3-5,8,13,17H,6-7H2,1-2H3,(H,15,16). The molecule has 0 amide bonds. The van der Waals surface area contributed by atoms with Crippen LogP contribution in [0.2, 0.25) is 0 Å². The summed E-state index contributed by atoms with van der Waals surface area (Å²) in [6.07, 6.45) is 3.07. The van der Waals surface area contributed by atoms with Crippen LogP contribution >= 0.6 is 0 Å². The summed E-state index contributed by atoms with van der Waals surface area (Å²) >= 11 is 0. The van der Waals surface area contributed by atoms with Crippen LogP contribution in [-0.4, -0.2) is 18.6 Å². The minimum absolute atomic E-state index is 0.149. The number of sulfonamides is 1. The Hall–Kier alpha value is -1.66. The molecule has 1 unspecified atom stereocenters. The van der Waals surface area contributed by atoms with Gasteiger partial charge in [-0.25, -0.2) is 13.1 Å². The van der Waals surface area contributed by atoms with Crippen LogP contribution in [-0.2, 0) is 16.4 Å². The monoisotopic (exact) mass is 291 g/mol. The third-order valence-electron chi connectivity index (χ3n) is 3.88. The molecule has 5 nitrogen and oxygen atoms in total. The van der Waals surface area contributed by atoms with Gasteiger partial charge in [-0.2, -0.15) is 5.10 Å². The largest absolute Gasteiger partial charge is 0.281 e. The van der Waals surface area contributed by atoms with Gasteiger partial charge in [0.05, 0.1) is 11.9 Å². The lowest BCUT2D eigenvalue weighted by Gasteiger charge is -2.14. The fraction of sp³-hybridized carbons (Fsp3) is 0.357. The van der Waals surface area contributed by atoms with Crippen LogP contribution in [0, 0.1) is 13.8 Å². The third kappa shape index (κ3) is 2.14. The molecule has 0 saturated heterocycles. The number of nitrogens with one attached hydrogen (secondary N) is 2. The summed E-state index contributed by atoms with van der Waals surface area (Å²) in [5, 5.41) is 6.44. The second-order valence-electron chi connectivity index (χ2n) is 5.21. The maximum atomic E-state index is 12.4. The Balaban J connectivity index is 1.92. The zero-order valence-electron chi connectivity index (χ0n) is 11.5. The van der Waals surface area contributed by atoms with Crippen molar-refractivity contribution in [1.82, 2.24) is 14.9 Å². The molecule has 6 heteroatoms. The summed E-state index contributed by atoms with van der Waals surface area (Å²) in [6, 6.07) is 5.90. The van der Waals surface area contributed by atoms with Crippen molar-refractivity contribution in [2.45, 2.75) is 37.6 Å². The quantitative estimate of drug-likeness (QED) is 0.908. The van der Waals surface area contributed by atoms with Gasteiger partial charge in [0, 0.05) is 6.04 Å². The van der Waals surface area contributed by atoms with Gasteiger partial charge in [-0.15, -0.1) is 0 Å². The molecule has 0 spiro atoms. The van der Waals surface area contributed by atoms with Gasteiger partial charge < -0.3 is 0 Å². The van der Waals surface area contributed by atoms with Gasteiger partial charge in [-0.3, -0.25) is 5.10 Å². The molecule has 3 rings (SSSR count). The molecule has 0 bridgehead atoms. The summed E-state index contributed by atoms with van der Waals surface area (Å²) < 4.78 is 27.6. The first-order valence-corrected chi connectivity index (χ1v) is 8.08. The SMILES string of the molecule is Cc1cccc2c1CCC2NS(=O)(=O)c1cn[nH]c1C. The molecule has 2 aromatic rings. The van der Waals surface area contributed by atoms with Crippen molar-refractivity contribution in [2.24, 2.45) is 0 Å². The number of benzene rings is 1. The van der Waals surface area contributed by atoms with Crippen LogP contribution in [0.1, 0.15) is 34.8 Å². The van der Waals surface area contributed by atoms with Crippen molar-refractivity contribution < 1.29 is 8.42 Å². The number of aryl methyl sites for hydroxylation is 2. The van der Waals surface area contributed by atoms with Gasteiger partial charge in [-0.05, 0) is 43.4 Å². The predicted molar refractivity (Wildman–Crippen MR) is 75.9 cm³/mol. The Morgan fingerprint density at radius 1 is 1.35 bits per heavy atom. The van der Waals surface area contributed by atoms with Crippen molar-refractivity contribution in [2.75, 3.05) is 0 Å². The first-order chi connectivity index (χ1) is 9.49. The van der Waals surface area contributed by atoms with E-state index in [-0.39, 0.29) is 10.9 Å². The van der Waals surface area contributed by atoms with E-state index in [1.807, 2.05) is 12.1 Å². The van der Waals surface area contributed by atoms with E-state index in [2.05, 4.69) is 27.9 Å². The van der Waals surface area contributed by atoms with E-state index in [1.165, 1.54) is 17.3 Å². The van der Waals surface area contributed by atoms with E-state index in [0.717, 1.165) is 18.4 Å². The van der Waals surface area contributed by atoms with E-state index in [9.17, 15) is 8.42 Å². The smallest absolute Gasteiger partial charge is 0.244 e. The van der Waals surface area contributed by atoms with Gasteiger partial charge in [0.1, 0.15) is 4.90 Å². The van der Waals surface area contributed by atoms with Crippen molar-refractivity contribution in [3.63, 3.8) is 0 Å². The van der Waals surface area contributed by atoms with E-state index in [1.54, 1.807) is 6.92 Å². The van der Waals surface area contributed by atoms with Crippen LogP contribution in [0.4, 0.5) is 0 Å². The summed E-state index contributed by atoms with van der Waals surface area (Å²) in [4.78, 5) is 0.221. The Morgan fingerprint density at radius 3 is 2.85 bits per heavy atom. The fourth-order valence-corrected chi connectivity index (χ4v) is 4.21. The van der Waals surface area contributed by atoms with E-state index >= 15 is 0 Å². The molecule has 0 aliphatic heterocycles. The molecular formula is C14H17N3O2S. The number of aromatic nitrogens is 2. The minimum atomic E-state index is -3.53. The first kappa shape index (κ1) is 13.3. The lowest BCUT2D eigenvalue weighted by molar-refractivity contribution is 0.554. The predicted octanol–water partition coefficient (Wildman–Crippen LogP) is 1.99. The van der Waals surface area contributed by atoms with Crippen LogP contribution in [0.25, 0.3) is 0 Å². The van der Waals surface area contributed by atoms with Crippen LogP contribution in [0.3, 0.4) is 0 Å². The number of nitrogens with zero attached hydrogens (tertiary/aromatic N) is 1. The molecule has 1 aliphatic carbocycles. The van der Waals surface area contributed by atoms with Crippen molar-refractivity contribution in [3.05, 3.63) is 46.8 Å². The topological polar surface area (TPSA) is 74.8 Å². The zero-order valence-corrected chi connectivity index (χ0v) is 12.3. The molecule has 20 heavy (non-hydrogen) atoms. The second kappa shape index (κ2) is 4.71. The highest BCUT2D eigenvalue weighted by Gasteiger charge is 2.29. The molecule has 0 saturated carbocycles. The van der Waals surface area contributed by atoms with Gasteiger partial charge in [0.15, 0.2) is 0 Å². The molecule has 2 N–H and O–H groups in total. The van der Waals surface area contributed by atoms with E-state index in [0.29, 0.717) is 5.69 Å². The lowest BCUT2D eigenvalue weighted by atomic mass is 10.0. The lowest BCUT2D eigenvalue weighted by Crippen LogP contribution is -2.27. The Labute approximate surface area is 118 Å². The Morgan fingerprint density at radius 2 is 2.15 bits per heavy atom. The summed E-state index contributed by atoms with van der Waals surface area (Å²) in [7, 11) is -3.53. The first-order valence-electron chi connectivity index (χ1n) is 6.60. The van der Waals surface area contributed by atoms with Crippen LogP contribution < -0.4 is 4.72 Å². The van der Waals surface area contributed by atoms with Crippen molar-refractivity contribution in [3.8, 4) is 0 Å². The van der Waals surface area contributed by atoms with Crippen molar-refractivity contribution in [1.29, 1.82) is 0 Å². The number of fused-ring (bicyclic) bond motifs is 1. The van der Waals surface area contributed by atoms with Crippen molar-refractivity contribution >= 4 is 10.0 Å². The zero-order chi connectivity index (χ0) is 14.3. The Bertz CT molecular complexity index is 750. The van der Waals surface area contributed by atoms with Crippen LogP contribution in [0.15, 0.2) is 29.3 Å². The summed E-state index contributed by atoms with van der Waals surface area (Å²) in [5.41, 5.74) is 4.14. The molecule has 1 aromatic carbocycles. The second-order valence-corrected chi connectivity index (χ2v) is 6.90. The fourth-order valence-electron chi connectivity index (χ4n) is 2.82. The maximum Gasteiger partial charge on any atom is 0.244 e. The number of rotatable bonds is 3. The average molecular weight is 291 g/mol. The highest BCUT2D eigenvalue weighted by atomic mass is 32.2. The number of aromatic amines is 1. The van der Waals surface area contributed by atoms with Gasteiger partial charge in [0.2, 0.25) is 10.0 Å². The van der Waals surface area contributed by atoms with Gasteiger partial charge >= 0.3 is 0 Å². The van der Waals surface area contributed by atoms with E-state index < -0.39 is 10.0 Å². The highest BCUT2D eigenvalue weighted by molar-refractivity contribution is 7.89. The maximum absolute atomic E-state index is 12.4. The van der Waals surface area contributed by atoms with Gasteiger partial charge in [-0.1, -0.05) is 18.2 Å². The Kier molecular flexibility index (Phi) is 3.14. The number of hydrogen-bond donors (Lipinski definition) is 2. The van der Waals surface area contributed by atoms with Gasteiger partial charge in [0.25, 0.3) is 0 Å². The molecule has 1 aromatic heterocycles. The minimum Gasteiger partial charge on any atom is -0.281 e. The molecule has 1 aliphatic rings. The van der Waals surface area contributed by atoms with E-state index in [4.69, 9.17) is 0 Å². The molecule has 0 radical (unpaired) electrons. The third-order valence-corrected chi connectivity index (χ3v) is 5.46. The van der Waals surface area contributed by atoms with Crippen LogP contribution in [0.5, 0.6) is 0 Å². The molecule has 1 heterocycles. The summed E-state index contributed by atoms with van der Waals surface area (Å²) in [6.45, 7) is 3.77. The average Bonchev–Trinajstić information content (AvgIpc) is 2.97. The molecular weight excluding hydrogens is 274 g/mol. The molecule has 106 valence electrons. The normalized spacial score (nSPS) is 18.2. The number of H-pyrrole nitrogens is 1. The molecule has 1 atom stereocenters. The summed E-state index contributed by atoms with van der Waals surface area (Å²) in [5.74, 6) is 0.